The van der Waals surface area contributed by atoms with Crippen molar-refractivity contribution in [2.45, 2.75) is 59.9 Å². The second-order valence-electron chi connectivity index (χ2n) is 9.23. The Kier molecular flexibility index (Phi) is 5.41. The van der Waals surface area contributed by atoms with Gasteiger partial charge in [0.2, 0.25) is 0 Å². The fraction of sp³-hybridized carbons (Fsp3) is 0.545. The second-order valence-corrected chi connectivity index (χ2v) is 9.23. The van der Waals surface area contributed by atoms with Gasteiger partial charge in [-0.05, 0) is 68.2 Å². The van der Waals surface area contributed by atoms with Gasteiger partial charge < -0.3 is 19.5 Å². The van der Waals surface area contributed by atoms with Gasteiger partial charge in [-0.1, -0.05) is 20.8 Å². The zero-order valence-electron chi connectivity index (χ0n) is 17.3. The number of carbonyl (C=O) groups excluding carboxylic acids is 2. The third-order valence-corrected chi connectivity index (χ3v) is 5.38. The Morgan fingerprint density at radius 3 is 2.07 bits per heavy atom. The summed E-state index contributed by atoms with van der Waals surface area (Å²) in [4.78, 5) is 24.9. The van der Waals surface area contributed by atoms with E-state index in [-0.39, 0.29) is 28.7 Å². The molecule has 0 saturated heterocycles. The van der Waals surface area contributed by atoms with Gasteiger partial charge in [-0.3, -0.25) is 9.59 Å². The minimum atomic E-state index is -0.204. The molecule has 6 heteroatoms. The van der Waals surface area contributed by atoms with Crippen molar-refractivity contribution in [2.75, 3.05) is 6.54 Å². The molecule has 0 radical (unpaired) electrons. The highest BCUT2D eigenvalue weighted by Gasteiger charge is 2.42. The lowest BCUT2D eigenvalue weighted by Gasteiger charge is -2.46. The van der Waals surface area contributed by atoms with Crippen LogP contribution in [0.15, 0.2) is 33.1 Å². The molecule has 1 aliphatic carbocycles. The fourth-order valence-electron chi connectivity index (χ4n) is 4.62. The maximum atomic E-state index is 12.5. The number of hydrogen-bond donors (Lipinski definition) is 2. The smallest absolute Gasteiger partial charge is 0.287 e. The molecule has 1 aliphatic rings. The van der Waals surface area contributed by atoms with E-state index in [2.05, 4.69) is 31.4 Å². The van der Waals surface area contributed by atoms with E-state index in [1.54, 1.807) is 24.3 Å². The molecule has 3 rings (SSSR count). The van der Waals surface area contributed by atoms with Crippen LogP contribution in [0.4, 0.5) is 0 Å². The summed E-state index contributed by atoms with van der Waals surface area (Å²) < 4.78 is 10.8. The molecule has 0 unspecified atom stereocenters. The van der Waals surface area contributed by atoms with Crippen molar-refractivity contribution in [1.29, 1.82) is 0 Å². The average molecular weight is 386 g/mol. The number of amides is 2. The minimum Gasteiger partial charge on any atom is -0.456 e. The molecule has 6 nitrogen and oxygen atoms in total. The van der Waals surface area contributed by atoms with Crippen molar-refractivity contribution in [3.63, 3.8) is 0 Å². The van der Waals surface area contributed by atoms with E-state index in [9.17, 15) is 9.59 Å². The van der Waals surface area contributed by atoms with E-state index in [0.29, 0.717) is 23.8 Å². The Morgan fingerprint density at radius 1 is 0.964 bits per heavy atom. The third-order valence-electron chi connectivity index (χ3n) is 5.38. The van der Waals surface area contributed by atoms with Gasteiger partial charge >= 0.3 is 0 Å². The van der Waals surface area contributed by atoms with Crippen molar-refractivity contribution < 1.29 is 18.4 Å². The van der Waals surface area contributed by atoms with E-state index < -0.39 is 0 Å². The van der Waals surface area contributed by atoms with E-state index in [4.69, 9.17) is 8.83 Å². The van der Waals surface area contributed by atoms with Crippen molar-refractivity contribution >= 4 is 11.8 Å². The number of carbonyl (C=O) groups is 2. The van der Waals surface area contributed by atoms with Gasteiger partial charge in [-0.2, -0.15) is 0 Å². The van der Waals surface area contributed by atoms with Gasteiger partial charge in [-0.15, -0.1) is 0 Å². The molecule has 0 aromatic carbocycles. The number of aryl methyl sites for hydroxylation is 2. The standard InChI is InChI=1S/C22H30N2O4/c1-14-6-8-17(27-14)19(25)23-13-22(5)11-16(10-21(3,4)12-22)24-20(26)18-9-7-15(2)28-18/h6-9,16H,10-13H2,1-5H3,(H,23,25)(H,24,26)/t16-,22-/m0/s1. The zero-order valence-corrected chi connectivity index (χ0v) is 17.3. The lowest BCUT2D eigenvalue weighted by molar-refractivity contribution is 0.0576. The summed E-state index contributed by atoms with van der Waals surface area (Å²) in [5.41, 5.74) is -0.0773. The van der Waals surface area contributed by atoms with E-state index >= 15 is 0 Å². The summed E-state index contributed by atoms with van der Waals surface area (Å²) in [6, 6.07) is 6.97. The van der Waals surface area contributed by atoms with Crippen molar-refractivity contribution in [1.82, 2.24) is 10.6 Å². The second kappa shape index (κ2) is 7.49. The molecule has 28 heavy (non-hydrogen) atoms. The van der Waals surface area contributed by atoms with Crippen LogP contribution in [0.2, 0.25) is 0 Å². The van der Waals surface area contributed by atoms with Crippen LogP contribution in [0.25, 0.3) is 0 Å². The van der Waals surface area contributed by atoms with Gasteiger partial charge in [0, 0.05) is 12.6 Å². The van der Waals surface area contributed by atoms with Gasteiger partial charge in [0.05, 0.1) is 0 Å². The topological polar surface area (TPSA) is 84.5 Å². The minimum absolute atomic E-state index is 0.0226. The van der Waals surface area contributed by atoms with Gasteiger partial charge in [0.15, 0.2) is 11.5 Å². The molecule has 0 spiro atoms. The molecule has 1 saturated carbocycles. The highest BCUT2D eigenvalue weighted by atomic mass is 16.4. The van der Waals surface area contributed by atoms with Crippen molar-refractivity contribution in [3.05, 3.63) is 47.3 Å². The number of nitrogens with one attached hydrogen (secondary N) is 2. The van der Waals surface area contributed by atoms with Gasteiger partial charge in [0.1, 0.15) is 11.5 Å². The first-order valence-electron chi connectivity index (χ1n) is 9.77. The van der Waals surface area contributed by atoms with Crippen LogP contribution in [0.1, 0.15) is 72.7 Å². The van der Waals surface area contributed by atoms with Crippen LogP contribution in [0.5, 0.6) is 0 Å². The largest absolute Gasteiger partial charge is 0.456 e. The first kappa shape index (κ1) is 20.2. The third kappa shape index (κ3) is 4.86. The summed E-state index contributed by atoms with van der Waals surface area (Å²) in [6.45, 7) is 10.7. The highest BCUT2D eigenvalue weighted by molar-refractivity contribution is 5.92. The number of rotatable bonds is 5. The summed E-state index contributed by atoms with van der Waals surface area (Å²) in [7, 11) is 0. The van der Waals surface area contributed by atoms with Crippen molar-refractivity contribution in [3.8, 4) is 0 Å². The Morgan fingerprint density at radius 2 is 1.54 bits per heavy atom. The normalized spacial score (nSPS) is 24.0. The lowest BCUT2D eigenvalue weighted by atomic mass is 9.62. The summed E-state index contributed by atoms with van der Waals surface area (Å²) in [5, 5.41) is 6.12. The molecule has 2 heterocycles. The predicted octanol–water partition coefficient (Wildman–Crippen LogP) is 4.23. The highest BCUT2D eigenvalue weighted by Crippen LogP contribution is 2.45. The van der Waals surface area contributed by atoms with Crippen LogP contribution >= 0.6 is 0 Å². The summed E-state index contributed by atoms with van der Waals surface area (Å²) in [6.07, 6.45) is 2.64. The van der Waals surface area contributed by atoms with Crippen LogP contribution in [0, 0.1) is 24.7 Å². The Hall–Kier alpha value is -2.50. The van der Waals surface area contributed by atoms with Gasteiger partial charge in [0.25, 0.3) is 11.8 Å². The molecule has 2 amide bonds. The zero-order chi connectivity index (χ0) is 20.5. The quantitative estimate of drug-likeness (QED) is 0.805. The Balaban J connectivity index is 1.64. The van der Waals surface area contributed by atoms with Crippen LogP contribution in [0.3, 0.4) is 0 Å². The maximum absolute atomic E-state index is 12.5. The Labute approximate surface area is 166 Å². The molecule has 2 aromatic heterocycles. The molecule has 1 fully saturated rings. The van der Waals surface area contributed by atoms with E-state index in [1.165, 1.54) is 0 Å². The predicted molar refractivity (Wildman–Crippen MR) is 106 cm³/mol. The van der Waals surface area contributed by atoms with E-state index in [1.807, 2.05) is 13.8 Å². The molecule has 2 atom stereocenters. The molecule has 2 aromatic rings. The lowest BCUT2D eigenvalue weighted by Crippen LogP contribution is -2.50. The SMILES string of the molecule is Cc1ccc(C(=O)NC[C@@]2(C)C[C@@H](NC(=O)c3ccc(C)o3)CC(C)(C)C2)o1. The van der Waals surface area contributed by atoms with Crippen LogP contribution < -0.4 is 10.6 Å². The van der Waals surface area contributed by atoms with Crippen LogP contribution in [-0.2, 0) is 0 Å². The maximum Gasteiger partial charge on any atom is 0.287 e. The number of furan rings is 2. The molecule has 0 bridgehead atoms. The molecule has 0 aliphatic heterocycles. The van der Waals surface area contributed by atoms with Crippen LogP contribution in [-0.4, -0.2) is 24.4 Å². The summed E-state index contributed by atoms with van der Waals surface area (Å²) in [5.74, 6) is 1.71. The molecule has 152 valence electrons. The van der Waals surface area contributed by atoms with Crippen molar-refractivity contribution in [2.24, 2.45) is 10.8 Å². The fourth-order valence-corrected chi connectivity index (χ4v) is 4.62. The molecule has 2 N–H and O–H groups in total. The Bertz CT molecular complexity index is 864. The molecular weight excluding hydrogens is 356 g/mol. The number of hydrogen-bond acceptors (Lipinski definition) is 4. The molecular formula is C22H30N2O4. The van der Waals surface area contributed by atoms with Gasteiger partial charge in [-0.25, -0.2) is 0 Å². The first-order valence-corrected chi connectivity index (χ1v) is 9.77. The average Bonchev–Trinajstić information content (AvgIpc) is 3.19. The summed E-state index contributed by atoms with van der Waals surface area (Å²) >= 11 is 0. The first-order chi connectivity index (χ1) is 13.1. The van der Waals surface area contributed by atoms with E-state index in [0.717, 1.165) is 25.0 Å². The monoisotopic (exact) mass is 386 g/mol.